The second kappa shape index (κ2) is 6.92. The van der Waals surface area contributed by atoms with Gasteiger partial charge >= 0.3 is 0 Å². The highest BCUT2D eigenvalue weighted by Crippen LogP contribution is 2.28. The van der Waals surface area contributed by atoms with E-state index in [9.17, 15) is 10.1 Å². The van der Waals surface area contributed by atoms with Crippen LogP contribution in [0.1, 0.15) is 43.5 Å². The van der Waals surface area contributed by atoms with Crippen molar-refractivity contribution in [2.75, 3.05) is 18.8 Å². The van der Waals surface area contributed by atoms with Crippen LogP contribution in [0.5, 0.6) is 0 Å². The number of rotatable bonds is 3. The Labute approximate surface area is 142 Å². The molecule has 1 amide bonds. The number of hydrogen-bond donors (Lipinski definition) is 0. The average molecular weight is 329 g/mol. The van der Waals surface area contributed by atoms with Crippen molar-refractivity contribution in [2.45, 2.75) is 44.6 Å². The van der Waals surface area contributed by atoms with E-state index in [0.29, 0.717) is 23.2 Å². The zero-order valence-corrected chi connectivity index (χ0v) is 14.7. The summed E-state index contributed by atoms with van der Waals surface area (Å²) in [6.07, 6.45) is 4.32. The number of likely N-dealkylation sites (tertiary alicyclic amines) is 1. The number of piperidine rings is 1. The van der Waals surface area contributed by atoms with Gasteiger partial charge in [0, 0.05) is 18.8 Å². The number of carbonyl (C=O) groups is 1. The molecule has 1 aliphatic carbocycles. The Morgan fingerprint density at radius 3 is 2.83 bits per heavy atom. The predicted octanol–water partition coefficient (Wildman–Crippen LogP) is 3.04. The first-order valence-electron chi connectivity index (χ1n) is 8.40. The fraction of sp³-hybridized carbons (Fsp3) is 0.611. The molecule has 2 atom stereocenters. The van der Waals surface area contributed by atoms with Crippen LogP contribution in [0.25, 0.3) is 0 Å². The lowest BCUT2D eigenvalue weighted by molar-refractivity contribution is -0.130. The zero-order valence-electron chi connectivity index (χ0n) is 13.8. The predicted molar refractivity (Wildman–Crippen MR) is 91.2 cm³/mol. The molecule has 0 bridgehead atoms. The maximum atomic E-state index is 12.5. The van der Waals surface area contributed by atoms with Crippen LogP contribution in [0.3, 0.4) is 0 Å². The average Bonchev–Trinajstić information content (AvgIpc) is 2.97. The largest absolute Gasteiger partial charge is 0.341 e. The Morgan fingerprint density at radius 1 is 1.39 bits per heavy atom. The molecule has 0 N–H and O–H groups in total. The number of nitriles is 1. The second-order valence-corrected chi connectivity index (χ2v) is 7.91. The summed E-state index contributed by atoms with van der Waals surface area (Å²) >= 11 is 1.42. The fourth-order valence-corrected chi connectivity index (χ4v) is 4.61. The normalized spacial score (nSPS) is 23.4. The molecule has 1 fully saturated rings. The Kier molecular flexibility index (Phi) is 4.91. The number of fused-ring (bicyclic) bond motifs is 1. The lowest BCUT2D eigenvalue weighted by Gasteiger charge is -2.35. The molecule has 1 aromatic heterocycles. The van der Waals surface area contributed by atoms with Gasteiger partial charge in [0.25, 0.3) is 0 Å². The highest BCUT2D eigenvalue weighted by Gasteiger charge is 2.26. The third kappa shape index (κ3) is 3.69. The molecule has 2 heterocycles. The molecule has 4 nitrogen and oxygen atoms in total. The maximum Gasteiger partial charge on any atom is 0.233 e. The molecule has 0 saturated carbocycles. The van der Waals surface area contributed by atoms with Crippen LogP contribution in [0.15, 0.2) is 11.1 Å². The molecule has 23 heavy (non-hydrogen) atoms. The van der Waals surface area contributed by atoms with Crippen LogP contribution in [-0.4, -0.2) is 34.6 Å². The Balaban J connectivity index is 1.66. The van der Waals surface area contributed by atoms with Crippen molar-refractivity contribution >= 4 is 17.7 Å². The van der Waals surface area contributed by atoms with Gasteiger partial charge in [0.05, 0.1) is 11.3 Å². The van der Waals surface area contributed by atoms with E-state index < -0.39 is 0 Å². The Hall–Kier alpha value is -1.54. The summed E-state index contributed by atoms with van der Waals surface area (Å²) in [4.78, 5) is 19.1. The molecule has 0 unspecified atom stereocenters. The van der Waals surface area contributed by atoms with E-state index in [2.05, 4.69) is 24.9 Å². The van der Waals surface area contributed by atoms with Crippen LogP contribution >= 0.6 is 11.8 Å². The summed E-state index contributed by atoms with van der Waals surface area (Å²) < 4.78 is 0. The molecule has 1 aliphatic heterocycles. The van der Waals surface area contributed by atoms with E-state index in [-0.39, 0.29) is 5.91 Å². The van der Waals surface area contributed by atoms with Gasteiger partial charge in [-0.05, 0) is 49.1 Å². The number of thioether (sulfide) groups is 1. The number of amides is 1. The SMILES string of the molecule is C[C@H]1C[C@H](C)CN(C(=O)CSc2nc3c(cc2C#N)CCC3)C1. The molecule has 5 heteroatoms. The van der Waals surface area contributed by atoms with E-state index >= 15 is 0 Å². The molecule has 1 aromatic rings. The van der Waals surface area contributed by atoms with Crippen molar-refractivity contribution < 1.29 is 4.79 Å². The van der Waals surface area contributed by atoms with Crippen molar-refractivity contribution in [2.24, 2.45) is 11.8 Å². The van der Waals surface area contributed by atoms with Gasteiger partial charge in [-0.1, -0.05) is 25.6 Å². The lowest BCUT2D eigenvalue weighted by atomic mass is 9.92. The lowest BCUT2D eigenvalue weighted by Crippen LogP contribution is -2.43. The van der Waals surface area contributed by atoms with E-state index in [1.54, 1.807) is 0 Å². The van der Waals surface area contributed by atoms with Crippen molar-refractivity contribution in [3.05, 3.63) is 22.9 Å². The third-order valence-corrected chi connectivity index (χ3v) is 5.67. The summed E-state index contributed by atoms with van der Waals surface area (Å²) in [5.41, 5.74) is 2.93. The number of aryl methyl sites for hydroxylation is 2. The molecule has 3 rings (SSSR count). The van der Waals surface area contributed by atoms with Crippen LogP contribution in [0.4, 0.5) is 0 Å². The monoisotopic (exact) mass is 329 g/mol. The molecule has 0 spiro atoms. The number of carbonyl (C=O) groups excluding carboxylic acids is 1. The van der Waals surface area contributed by atoms with Crippen LogP contribution in [-0.2, 0) is 17.6 Å². The van der Waals surface area contributed by atoms with Gasteiger partial charge in [-0.15, -0.1) is 0 Å². The van der Waals surface area contributed by atoms with Gasteiger partial charge < -0.3 is 4.90 Å². The first-order valence-corrected chi connectivity index (χ1v) is 9.39. The van der Waals surface area contributed by atoms with Crippen molar-refractivity contribution in [1.29, 1.82) is 5.26 Å². The highest BCUT2D eigenvalue weighted by molar-refractivity contribution is 7.99. The van der Waals surface area contributed by atoms with Crippen LogP contribution in [0, 0.1) is 23.2 Å². The van der Waals surface area contributed by atoms with Crippen LogP contribution in [0.2, 0.25) is 0 Å². The van der Waals surface area contributed by atoms with Gasteiger partial charge in [0.15, 0.2) is 0 Å². The van der Waals surface area contributed by atoms with Crippen molar-refractivity contribution in [3.8, 4) is 6.07 Å². The van der Waals surface area contributed by atoms with Gasteiger partial charge in [-0.3, -0.25) is 4.79 Å². The minimum absolute atomic E-state index is 0.166. The number of pyridine rings is 1. The summed E-state index contributed by atoms with van der Waals surface area (Å²) in [7, 11) is 0. The molecule has 1 saturated heterocycles. The van der Waals surface area contributed by atoms with Crippen LogP contribution < -0.4 is 0 Å². The first-order chi connectivity index (χ1) is 11.1. The molecule has 2 aliphatic rings. The van der Waals surface area contributed by atoms with Crippen molar-refractivity contribution in [3.63, 3.8) is 0 Å². The number of hydrogen-bond acceptors (Lipinski definition) is 4. The summed E-state index contributed by atoms with van der Waals surface area (Å²) in [5, 5.41) is 10.1. The quantitative estimate of drug-likeness (QED) is 0.800. The molecule has 122 valence electrons. The highest BCUT2D eigenvalue weighted by atomic mass is 32.2. The maximum absolute atomic E-state index is 12.5. The summed E-state index contributed by atoms with van der Waals surface area (Å²) in [6, 6.07) is 4.20. The van der Waals surface area contributed by atoms with Gasteiger partial charge in [0.2, 0.25) is 5.91 Å². The van der Waals surface area contributed by atoms with E-state index in [4.69, 9.17) is 0 Å². The summed E-state index contributed by atoms with van der Waals surface area (Å²) in [6.45, 7) is 6.12. The number of aromatic nitrogens is 1. The summed E-state index contributed by atoms with van der Waals surface area (Å²) in [5.74, 6) is 1.68. The molecule has 0 aromatic carbocycles. The molecular formula is C18H23N3OS. The standard InChI is InChI=1S/C18H23N3OS/c1-12-6-13(2)10-21(9-12)17(22)11-23-18-15(8-19)7-14-4-3-5-16(14)20-18/h7,12-13H,3-6,9-11H2,1-2H3/t12-,13-/m0/s1. The van der Waals surface area contributed by atoms with Gasteiger partial charge in [0.1, 0.15) is 11.1 Å². The topological polar surface area (TPSA) is 57.0 Å². The van der Waals surface area contributed by atoms with E-state index in [1.165, 1.54) is 23.7 Å². The minimum Gasteiger partial charge on any atom is -0.341 e. The smallest absolute Gasteiger partial charge is 0.233 e. The molecular weight excluding hydrogens is 306 g/mol. The minimum atomic E-state index is 0.166. The molecule has 0 radical (unpaired) electrons. The van der Waals surface area contributed by atoms with Gasteiger partial charge in [-0.2, -0.15) is 5.26 Å². The first kappa shape index (κ1) is 16.3. The number of nitrogens with zero attached hydrogens (tertiary/aromatic N) is 3. The zero-order chi connectivity index (χ0) is 16.4. The second-order valence-electron chi connectivity index (χ2n) is 6.95. The Bertz CT molecular complexity index is 642. The van der Waals surface area contributed by atoms with E-state index in [1.807, 2.05) is 11.0 Å². The third-order valence-electron chi connectivity index (χ3n) is 4.69. The van der Waals surface area contributed by atoms with E-state index in [0.717, 1.165) is 43.1 Å². The van der Waals surface area contributed by atoms with Gasteiger partial charge in [-0.25, -0.2) is 4.98 Å². The van der Waals surface area contributed by atoms with Crippen molar-refractivity contribution in [1.82, 2.24) is 9.88 Å². The Morgan fingerprint density at radius 2 is 2.13 bits per heavy atom. The fourth-order valence-electron chi connectivity index (χ4n) is 3.73.